The normalized spacial score (nSPS) is 13.7. The maximum absolute atomic E-state index is 12.1. The van der Waals surface area contributed by atoms with Gasteiger partial charge in [-0.15, -0.1) is 0 Å². The van der Waals surface area contributed by atoms with Crippen molar-refractivity contribution in [3.8, 4) is 5.75 Å². The van der Waals surface area contributed by atoms with E-state index in [0.717, 1.165) is 0 Å². The van der Waals surface area contributed by atoms with Crippen LogP contribution >= 0.6 is 0 Å². The van der Waals surface area contributed by atoms with Gasteiger partial charge in [0.2, 0.25) is 0 Å². The monoisotopic (exact) mass is 346 g/mol. The van der Waals surface area contributed by atoms with E-state index in [2.05, 4.69) is 10.6 Å². The molecule has 0 saturated carbocycles. The summed E-state index contributed by atoms with van der Waals surface area (Å²) in [6.45, 7) is -0.675. The molecule has 1 aliphatic heterocycles. The fourth-order valence-corrected chi connectivity index (χ4v) is 2.06. The Labute approximate surface area is 175 Å². The Morgan fingerprint density at radius 1 is 1.43 bits per heavy atom. The Bertz CT molecular complexity index is 607. The number of carbonyl (C=O) groups excluding carboxylic acids is 3. The zero-order valence-corrected chi connectivity index (χ0v) is 15.7. The van der Waals surface area contributed by atoms with Crippen molar-refractivity contribution in [3.05, 3.63) is 23.8 Å². The molecule has 0 bridgehead atoms. The first-order chi connectivity index (χ1) is 10.5. The van der Waals surface area contributed by atoms with Crippen LogP contribution in [0.25, 0.3) is 0 Å². The van der Waals surface area contributed by atoms with Crippen molar-refractivity contribution in [2.45, 2.75) is 6.42 Å². The van der Waals surface area contributed by atoms with E-state index in [4.69, 9.17) is 9.84 Å². The summed E-state index contributed by atoms with van der Waals surface area (Å²) >= 11 is 0. The molecular weight excluding hydrogens is 331 g/mol. The van der Waals surface area contributed by atoms with E-state index in [0.29, 0.717) is 5.69 Å². The smallest absolute Gasteiger partial charge is 0.550 e. The van der Waals surface area contributed by atoms with Crippen molar-refractivity contribution >= 4 is 23.5 Å². The molecule has 0 radical (unpaired) electrons. The maximum Gasteiger partial charge on any atom is 1.00 e. The molecule has 118 valence electrons. The number of nitrogens with one attached hydrogen (secondary N) is 2. The number of hydrogen-bond donors (Lipinski definition) is 3. The molecule has 9 heteroatoms. The maximum atomic E-state index is 12.1. The van der Waals surface area contributed by atoms with Crippen molar-refractivity contribution in [2.24, 2.45) is 5.92 Å². The third kappa shape index (κ3) is 5.26. The fourth-order valence-electron chi connectivity index (χ4n) is 2.06. The summed E-state index contributed by atoms with van der Waals surface area (Å²) in [6.07, 6.45) is -0.0118. The van der Waals surface area contributed by atoms with Gasteiger partial charge in [0, 0.05) is 25.0 Å². The largest absolute Gasteiger partial charge is 1.00 e. The predicted octanol–water partition coefficient (Wildman–Crippen LogP) is -4.50. The van der Waals surface area contributed by atoms with E-state index in [1.807, 2.05) is 0 Å². The van der Waals surface area contributed by atoms with Crippen molar-refractivity contribution in [1.29, 1.82) is 0 Å². The second kappa shape index (κ2) is 9.35. The molecule has 1 heterocycles. The number of anilines is 1. The third-order valence-electron chi connectivity index (χ3n) is 3.20. The molecule has 1 aliphatic rings. The van der Waals surface area contributed by atoms with Crippen LogP contribution in [-0.2, 0) is 9.59 Å². The number of aliphatic hydroxyl groups excluding tert-OH is 1. The van der Waals surface area contributed by atoms with Crippen LogP contribution in [0.4, 0.5) is 5.69 Å². The van der Waals surface area contributed by atoms with Gasteiger partial charge in [-0.2, -0.15) is 0 Å². The number of fused-ring (bicyclic) bond motifs is 1. The molecule has 0 saturated heterocycles. The first-order valence-electron chi connectivity index (χ1n) is 6.68. The standard InChI is InChI=1S/C14H16N2O6.K/c17-5-4-8(14(20)21)6-15-13(19)9-2-1-3-10-12(9)22-7-11(18)16-10;/h1-3,8,17H,4-7H2,(H,15,19)(H,16,18)(H,20,21);/q;+1/p-1. The molecule has 2 rings (SSSR count). The van der Waals surface area contributed by atoms with Crippen LogP contribution in [-0.4, -0.2) is 42.6 Å². The van der Waals surface area contributed by atoms with E-state index < -0.39 is 17.8 Å². The molecular formula is C14H15KN2O6. The molecule has 3 N–H and O–H groups in total. The molecule has 1 aromatic rings. The van der Waals surface area contributed by atoms with Gasteiger partial charge in [0.05, 0.1) is 11.3 Å². The molecule has 0 aromatic heterocycles. The van der Waals surface area contributed by atoms with Crippen molar-refractivity contribution in [3.63, 3.8) is 0 Å². The Balaban J connectivity index is 0.00000264. The fraction of sp³-hybridized carbons (Fsp3) is 0.357. The number of benzene rings is 1. The van der Waals surface area contributed by atoms with E-state index >= 15 is 0 Å². The number of carbonyl (C=O) groups is 3. The Morgan fingerprint density at radius 3 is 2.83 bits per heavy atom. The average molecular weight is 346 g/mol. The van der Waals surface area contributed by atoms with Crippen LogP contribution < -0.4 is 71.9 Å². The molecule has 8 nitrogen and oxygen atoms in total. The number of amides is 2. The molecule has 0 spiro atoms. The summed E-state index contributed by atoms with van der Waals surface area (Å²) in [5.74, 6) is -2.92. The first kappa shape index (κ1) is 20.1. The van der Waals surface area contributed by atoms with Gasteiger partial charge in [0.1, 0.15) is 0 Å². The van der Waals surface area contributed by atoms with E-state index in [1.165, 1.54) is 6.07 Å². The number of aliphatic carboxylic acids is 1. The Hall–Kier alpha value is -0.974. The number of carboxylic acid groups (broad SMARTS) is 1. The van der Waals surface area contributed by atoms with Crippen LogP contribution in [0.5, 0.6) is 5.75 Å². The van der Waals surface area contributed by atoms with E-state index in [-0.39, 0.29) is 94.8 Å². The van der Waals surface area contributed by atoms with Gasteiger partial charge in [-0.05, 0) is 18.6 Å². The molecule has 1 atom stereocenters. The van der Waals surface area contributed by atoms with Crippen LogP contribution in [0.2, 0.25) is 0 Å². The van der Waals surface area contributed by atoms with Crippen molar-refractivity contribution < 1.29 is 80.7 Å². The number of ether oxygens (including phenoxy) is 1. The van der Waals surface area contributed by atoms with E-state index in [9.17, 15) is 19.5 Å². The molecule has 23 heavy (non-hydrogen) atoms. The van der Waals surface area contributed by atoms with E-state index in [1.54, 1.807) is 12.1 Å². The van der Waals surface area contributed by atoms with Crippen molar-refractivity contribution in [1.82, 2.24) is 5.32 Å². The van der Waals surface area contributed by atoms with Gasteiger partial charge in [-0.1, -0.05) is 6.07 Å². The minimum atomic E-state index is -1.34. The summed E-state index contributed by atoms with van der Waals surface area (Å²) in [5.41, 5.74) is 0.578. The van der Waals surface area contributed by atoms with Crippen LogP contribution in [0, 0.1) is 5.92 Å². The summed E-state index contributed by atoms with van der Waals surface area (Å²) in [7, 11) is 0. The Morgan fingerprint density at radius 2 is 2.17 bits per heavy atom. The number of carboxylic acids is 1. The topological polar surface area (TPSA) is 128 Å². The third-order valence-corrected chi connectivity index (χ3v) is 3.20. The molecule has 2 amide bonds. The van der Waals surface area contributed by atoms with Gasteiger partial charge < -0.3 is 30.4 Å². The number of hydrogen-bond acceptors (Lipinski definition) is 6. The quantitative estimate of drug-likeness (QED) is 0.446. The summed E-state index contributed by atoms with van der Waals surface area (Å²) in [5, 5.41) is 24.7. The zero-order chi connectivity index (χ0) is 16.1. The van der Waals surface area contributed by atoms with Crippen LogP contribution in [0.3, 0.4) is 0 Å². The molecule has 1 unspecified atom stereocenters. The van der Waals surface area contributed by atoms with Gasteiger partial charge in [-0.3, -0.25) is 9.59 Å². The Kier molecular flexibility index (Phi) is 8.16. The van der Waals surface area contributed by atoms with Gasteiger partial charge >= 0.3 is 51.4 Å². The second-order valence-corrected chi connectivity index (χ2v) is 4.76. The minimum absolute atomic E-state index is 0. The van der Waals surface area contributed by atoms with Crippen molar-refractivity contribution in [2.75, 3.05) is 25.1 Å². The number of para-hydroxylation sites is 1. The minimum Gasteiger partial charge on any atom is -0.550 e. The number of aliphatic hydroxyl groups is 1. The molecule has 0 aliphatic carbocycles. The summed E-state index contributed by atoms with van der Waals surface area (Å²) in [4.78, 5) is 34.2. The van der Waals surface area contributed by atoms with Gasteiger partial charge in [0.15, 0.2) is 12.4 Å². The van der Waals surface area contributed by atoms with Crippen LogP contribution in [0.15, 0.2) is 18.2 Å². The summed E-state index contributed by atoms with van der Waals surface area (Å²) < 4.78 is 5.25. The number of rotatable bonds is 6. The molecule has 0 fully saturated rings. The van der Waals surface area contributed by atoms with Gasteiger partial charge in [-0.25, -0.2) is 0 Å². The van der Waals surface area contributed by atoms with Crippen LogP contribution in [0.1, 0.15) is 16.8 Å². The molecule has 1 aromatic carbocycles. The predicted molar refractivity (Wildman–Crippen MR) is 73.1 cm³/mol. The summed E-state index contributed by atoms with van der Waals surface area (Å²) in [6, 6.07) is 4.68. The second-order valence-electron chi connectivity index (χ2n) is 4.76. The SMILES string of the molecule is O=C1COc2c(cccc2C(=O)NCC(CCO)C(=O)[O-])N1.[K+]. The first-order valence-corrected chi connectivity index (χ1v) is 6.68. The average Bonchev–Trinajstić information content (AvgIpc) is 2.49. The van der Waals surface area contributed by atoms with Gasteiger partial charge in [0.25, 0.3) is 11.8 Å². The zero-order valence-electron chi connectivity index (χ0n) is 12.6.